The maximum Gasteiger partial charge on any atom is 0.460 e. The number of hydrogen-bond acceptors (Lipinski definition) is 3. The van der Waals surface area contributed by atoms with Crippen LogP contribution in [0.1, 0.15) is 12.8 Å². The van der Waals surface area contributed by atoms with E-state index in [2.05, 4.69) is 0 Å². The SMILES string of the molecule is O=C(N1CCC(S(=O)(=O)c2ccc(F)cc2)CC1)C(F)(F)C(F)(F)C(F)(F)F. The number of likely N-dealkylation sites (tertiary alicyclic amines) is 1. The van der Waals surface area contributed by atoms with Gasteiger partial charge >= 0.3 is 18.0 Å². The van der Waals surface area contributed by atoms with E-state index in [9.17, 15) is 48.3 Å². The average Bonchev–Trinajstić information content (AvgIpc) is 2.60. The Kier molecular flexibility index (Phi) is 5.72. The summed E-state index contributed by atoms with van der Waals surface area (Å²) in [7, 11) is -4.04. The first-order valence-electron chi connectivity index (χ1n) is 7.73. The quantitative estimate of drug-likeness (QED) is 0.534. The molecule has 1 heterocycles. The highest BCUT2D eigenvalue weighted by atomic mass is 32.2. The Labute approximate surface area is 154 Å². The molecular weight excluding hydrogens is 426 g/mol. The van der Waals surface area contributed by atoms with Crippen molar-refractivity contribution >= 4 is 15.7 Å². The molecule has 1 fully saturated rings. The van der Waals surface area contributed by atoms with Crippen LogP contribution in [-0.2, 0) is 14.6 Å². The molecule has 28 heavy (non-hydrogen) atoms. The van der Waals surface area contributed by atoms with E-state index < -0.39 is 70.8 Å². The number of rotatable bonds is 4. The summed E-state index contributed by atoms with van der Waals surface area (Å²) >= 11 is 0. The molecule has 0 aliphatic carbocycles. The first-order valence-corrected chi connectivity index (χ1v) is 9.28. The standard InChI is InChI=1S/C15H13F8NO3S/c16-9-1-3-10(4-2-9)28(26,27)11-5-7-24(8-6-11)12(25)13(17,18)14(19,20)15(21,22)23/h1-4,11H,5-8H2. The second kappa shape index (κ2) is 7.16. The molecule has 158 valence electrons. The summed E-state index contributed by atoms with van der Waals surface area (Å²) in [6.45, 7) is -1.51. The second-order valence-corrected chi connectivity index (χ2v) is 8.37. The Balaban J connectivity index is 2.13. The fourth-order valence-corrected chi connectivity index (χ4v) is 4.43. The van der Waals surface area contributed by atoms with Crippen LogP contribution >= 0.6 is 0 Å². The van der Waals surface area contributed by atoms with Crippen LogP contribution in [0.3, 0.4) is 0 Å². The lowest BCUT2D eigenvalue weighted by molar-refractivity contribution is -0.346. The van der Waals surface area contributed by atoms with Crippen LogP contribution in [0, 0.1) is 5.82 Å². The summed E-state index contributed by atoms with van der Waals surface area (Å²) in [6, 6.07) is 3.71. The molecule has 4 nitrogen and oxygen atoms in total. The van der Waals surface area contributed by atoms with Gasteiger partial charge in [0.25, 0.3) is 5.91 Å². The molecule has 0 N–H and O–H groups in total. The van der Waals surface area contributed by atoms with E-state index in [-0.39, 0.29) is 9.80 Å². The zero-order chi connectivity index (χ0) is 21.5. The molecule has 2 rings (SSSR count). The third-order valence-corrected chi connectivity index (χ3v) is 6.61. The van der Waals surface area contributed by atoms with E-state index in [0.29, 0.717) is 0 Å². The lowest BCUT2D eigenvalue weighted by Gasteiger charge is -2.36. The number of alkyl halides is 7. The van der Waals surface area contributed by atoms with Crippen molar-refractivity contribution in [3.05, 3.63) is 30.1 Å². The maximum absolute atomic E-state index is 13.5. The zero-order valence-corrected chi connectivity index (χ0v) is 14.6. The highest BCUT2D eigenvalue weighted by molar-refractivity contribution is 7.92. The lowest BCUT2D eigenvalue weighted by Crippen LogP contribution is -2.61. The molecule has 1 aliphatic rings. The monoisotopic (exact) mass is 439 g/mol. The summed E-state index contributed by atoms with van der Waals surface area (Å²) in [5, 5.41) is -1.20. The van der Waals surface area contributed by atoms with Gasteiger partial charge in [-0.05, 0) is 37.1 Å². The molecule has 0 radical (unpaired) electrons. The smallest absolute Gasteiger partial charge is 0.337 e. The van der Waals surface area contributed by atoms with Gasteiger partial charge in [0, 0.05) is 13.1 Å². The zero-order valence-electron chi connectivity index (χ0n) is 13.8. The largest absolute Gasteiger partial charge is 0.460 e. The van der Waals surface area contributed by atoms with Crippen LogP contribution in [-0.4, -0.2) is 55.6 Å². The first kappa shape index (κ1) is 22.4. The highest BCUT2D eigenvalue weighted by Gasteiger charge is 2.76. The number of halogens is 8. The lowest BCUT2D eigenvalue weighted by atomic mass is 10.1. The van der Waals surface area contributed by atoms with Gasteiger partial charge in [-0.3, -0.25) is 4.79 Å². The third kappa shape index (κ3) is 3.80. The van der Waals surface area contributed by atoms with Crippen molar-refractivity contribution in [2.75, 3.05) is 13.1 Å². The van der Waals surface area contributed by atoms with Gasteiger partial charge in [0.1, 0.15) is 5.82 Å². The molecule has 1 saturated heterocycles. The number of carbonyl (C=O) groups excluding carboxylic acids is 1. The number of piperidine rings is 1. The van der Waals surface area contributed by atoms with E-state index in [1.54, 1.807) is 0 Å². The summed E-state index contributed by atoms with van der Waals surface area (Å²) in [5.41, 5.74) is 0. The fourth-order valence-electron chi connectivity index (χ4n) is 2.70. The molecule has 0 saturated carbocycles. The van der Waals surface area contributed by atoms with Crippen LogP contribution in [0.25, 0.3) is 0 Å². The molecule has 1 amide bonds. The minimum Gasteiger partial charge on any atom is -0.337 e. The average molecular weight is 439 g/mol. The molecule has 0 bridgehead atoms. The van der Waals surface area contributed by atoms with E-state index in [1.165, 1.54) is 0 Å². The first-order chi connectivity index (χ1) is 12.6. The molecule has 0 unspecified atom stereocenters. The summed E-state index contributed by atoms with van der Waals surface area (Å²) in [4.78, 5) is 11.4. The van der Waals surface area contributed by atoms with Crippen LogP contribution < -0.4 is 0 Å². The number of sulfone groups is 1. The van der Waals surface area contributed by atoms with Crippen LogP contribution in [0.15, 0.2) is 29.2 Å². The molecule has 0 spiro atoms. The van der Waals surface area contributed by atoms with Gasteiger partial charge in [-0.25, -0.2) is 12.8 Å². The van der Waals surface area contributed by atoms with E-state index in [4.69, 9.17) is 0 Å². The number of amides is 1. The van der Waals surface area contributed by atoms with Gasteiger partial charge in [-0.1, -0.05) is 0 Å². The predicted molar refractivity (Wildman–Crippen MR) is 79.1 cm³/mol. The third-order valence-electron chi connectivity index (χ3n) is 4.33. The highest BCUT2D eigenvalue weighted by Crippen LogP contribution is 2.47. The number of benzene rings is 1. The van der Waals surface area contributed by atoms with Crippen molar-refractivity contribution in [1.82, 2.24) is 4.90 Å². The number of nitrogens with zero attached hydrogens (tertiary/aromatic N) is 1. The van der Waals surface area contributed by atoms with E-state index >= 15 is 0 Å². The van der Waals surface area contributed by atoms with Gasteiger partial charge in [0.05, 0.1) is 10.1 Å². The van der Waals surface area contributed by atoms with Crippen molar-refractivity contribution in [2.45, 2.75) is 41.0 Å². The van der Waals surface area contributed by atoms with Gasteiger partial charge < -0.3 is 4.90 Å². The second-order valence-electron chi connectivity index (χ2n) is 6.14. The van der Waals surface area contributed by atoms with Gasteiger partial charge in [0.15, 0.2) is 9.84 Å². The Bertz CT molecular complexity index is 828. The maximum atomic E-state index is 13.5. The molecule has 13 heteroatoms. The normalized spacial score (nSPS) is 17.6. The van der Waals surface area contributed by atoms with Crippen molar-refractivity contribution < 1.29 is 48.3 Å². The molecule has 0 aromatic heterocycles. The number of hydrogen-bond donors (Lipinski definition) is 0. The fraction of sp³-hybridized carbons (Fsp3) is 0.533. The van der Waals surface area contributed by atoms with Crippen molar-refractivity contribution in [3.63, 3.8) is 0 Å². The van der Waals surface area contributed by atoms with Crippen LogP contribution in [0.5, 0.6) is 0 Å². The van der Waals surface area contributed by atoms with Gasteiger partial charge in [0.2, 0.25) is 0 Å². The molecule has 0 atom stereocenters. The van der Waals surface area contributed by atoms with Crippen molar-refractivity contribution in [3.8, 4) is 0 Å². The van der Waals surface area contributed by atoms with E-state index in [1.807, 2.05) is 0 Å². The minimum absolute atomic E-state index is 0.0797. The molecular formula is C15H13F8NO3S. The predicted octanol–water partition coefficient (Wildman–Crippen LogP) is 3.42. The summed E-state index contributed by atoms with van der Waals surface area (Å²) in [5.74, 6) is -16.0. The topological polar surface area (TPSA) is 54.5 Å². The molecule has 1 aromatic carbocycles. The van der Waals surface area contributed by atoms with Gasteiger partial charge in [-0.15, -0.1) is 0 Å². The Hall–Kier alpha value is -1.92. The van der Waals surface area contributed by atoms with Crippen LogP contribution in [0.2, 0.25) is 0 Å². The Morgan fingerprint density at radius 3 is 1.82 bits per heavy atom. The molecule has 1 aromatic rings. The van der Waals surface area contributed by atoms with E-state index in [0.717, 1.165) is 24.3 Å². The Morgan fingerprint density at radius 2 is 1.39 bits per heavy atom. The minimum atomic E-state index is -6.64. The van der Waals surface area contributed by atoms with Crippen molar-refractivity contribution in [1.29, 1.82) is 0 Å². The van der Waals surface area contributed by atoms with Crippen LogP contribution in [0.4, 0.5) is 35.1 Å². The Morgan fingerprint density at radius 1 is 0.929 bits per heavy atom. The summed E-state index contributed by atoms with van der Waals surface area (Å²) < 4.78 is 127. The van der Waals surface area contributed by atoms with Crippen molar-refractivity contribution in [2.24, 2.45) is 0 Å². The number of carbonyl (C=O) groups is 1. The van der Waals surface area contributed by atoms with Gasteiger partial charge in [-0.2, -0.15) is 30.7 Å². The summed E-state index contributed by atoms with van der Waals surface area (Å²) in [6.07, 6.45) is -7.56. The molecule has 1 aliphatic heterocycles.